The normalized spacial score (nSPS) is 10.8. The van der Waals surface area contributed by atoms with Crippen LogP contribution in [0.5, 0.6) is 11.5 Å². The third kappa shape index (κ3) is 5.33. The number of hydrogen-bond donors (Lipinski definition) is 1. The number of thiazole rings is 1. The van der Waals surface area contributed by atoms with E-state index >= 15 is 0 Å². The molecule has 3 rings (SSSR count). The van der Waals surface area contributed by atoms with Crippen LogP contribution in [-0.2, 0) is 4.79 Å². The number of carbonyl (C=O) groups is 1. The Labute approximate surface area is 169 Å². The van der Waals surface area contributed by atoms with Gasteiger partial charge in [-0.05, 0) is 75.2 Å². The van der Waals surface area contributed by atoms with E-state index in [1.807, 2.05) is 75.5 Å². The van der Waals surface area contributed by atoms with Gasteiger partial charge >= 0.3 is 0 Å². The molecule has 0 saturated carbocycles. The van der Waals surface area contributed by atoms with Gasteiger partial charge in [0, 0.05) is 10.9 Å². The summed E-state index contributed by atoms with van der Waals surface area (Å²) in [6, 6.07) is 13.5. The maximum atomic E-state index is 12.1. The fourth-order valence-corrected chi connectivity index (χ4v) is 3.28. The minimum atomic E-state index is -0.236. The number of amides is 1. The molecule has 0 atom stereocenters. The quantitative estimate of drug-likeness (QED) is 0.594. The number of aryl methyl sites for hydroxylation is 2. The molecule has 28 heavy (non-hydrogen) atoms. The van der Waals surface area contributed by atoms with Crippen LogP contribution in [0.3, 0.4) is 0 Å². The SMILES string of the molecule is Cc1ccc(OCC(=O)Nc2nc(-c3ccc(OC(C)C)cc3)cs2)cc1C. The van der Waals surface area contributed by atoms with Gasteiger partial charge in [0.05, 0.1) is 11.8 Å². The minimum absolute atomic E-state index is 0.0569. The second-order valence-electron chi connectivity index (χ2n) is 6.81. The Bertz CT molecular complexity index is 949. The largest absolute Gasteiger partial charge is 0.491 e. The molecule has 2 aromatic carbocycles. The Balaban J connectivity index is 1.56. The van der Waals surface area contributed by atoms with Crippen LogP contribution in [-0.4, -0.2) is 23.6 Å². The van der Waals surface area contributed by atoms with Gasteiger partial charge in [-0.15, -0.1) is 11.3 Å². The molecule has 0 radical (unpaired) electrons. The first-order valence-corrected chi connectivity index (χ1v) is 10.0. The first-order chi connectivity index (χ1) is 13.4. The number of hydrogen-bond acceptors (Lipinski definition) is 5. The molecule has 146 valence electrons. The fourth-order valence-electron chi connectivity index (χ4n) is 2.55. The van der Waals surface area contributed by atoms with Crippen LogP contribution >= 0.6 is 11.3 Å². The molecule has 5 nitrogen and oxygen atoms in total. The molecule has 1 heterocycles. The number of carbonyl (C=O) groups excluding carboxylic acids is 1. The topological polar surface area (TPSA) is 60.5 Å². The van der Waals surface area contributed by atoms with Crippen LogP contribution in [0, 0.1) is 13.8 Å². The smallest absolute Gasteiger partial charge is 0.264 e. The van der Waals surface area contributed by atoms with E-state index in [-0.39, 0.29) is 18.6 Å². The zero-order chi connectivity index (χ0) is 20.1. The Hall–Kier alpha value is -2.86. The van der Waals surface area contributed by atoms with Crippen LogP contribution in [0.1, 0.15) is 25.0 Å². The first kappa shape index (κ1) is 19.9. The number of anilines is 1. The summed E-state index contributed by atoms with van der Waals surface area (Å²) in [5, 5.41) is 5.25. The van der Waals surface area contributed by atoms with Gasteiger partial charge in [0.25, 0.3) is 5.91 Å². The highest BCUT2D eigenvalue weighted by Gasteiger charge is 2.10. The fraction of sp³-hybridized carbons (Fsp3) is 0.273. The monoisotopic (exact) mass is 396 g/mol. The Morgan fingerprint density at radius 2 is 1.79 bits per heavy atom. The van der Waals surface area contributed by atoms with Gasteiger partial charge in [-0.25, -0.2) is 4.98 Å². The Morgan fingerprint density at radius 1 is 1.07 bits per heavy atom. The van der Waals surface area contributed by atoms with E-state index in [1.54, 1.807) is 0 Å². The van der Waals surface area contributed by atoms with Crippen molar-refractivity contribution in [3.05, 3.63) is 59.0 Å². The highest BCUT2D eigenvalue weighted by molar-refractivity contribution is 7.14. The minimum Gasteiger partial charge on any atom is -0.491 e. The van der Waals surface area contributed by atoms with Crippen LogP contribution in [0.4, 0.5) is 5.13 Å². The molecule has 1 amide bonds. The van der Waals surface area contributed by atoms with Gasteiger partial charge in [0.1, 0.15) is 11.5 Å². The van der Waals surface area contributed by atoms with Gasteiger partial charge in [0.2, 0.25) is 0 Å². The molecular weight excluding hydrogens is 372 g/mol. The van der Waals surface area contributed by atoms with E-state index in [1.165, 1.54) is 16.9 Å². The summed E-state index contributed by atoms with van der Waals surface area (Å²) < 4.78 is 11.2. The molecule has 1 aromatic heterocycles. The molecule has 0 fully saturated rings. The van der Waals surface area contributed by atoms with Crippen molar-refractivity contribution in [1.82, 2.24) is 4.98 Å². The van der Waals surface area contributed by atoms with Gasteiger partial charge in [0.15, 0.2) is 11.7 Å². The van der Waals surface area contributed by atoms with E-state index < -0.39 is 0 Å². The third-order valence-electron chi connectivity index (χ3n) is 4.12. The first-order valence-electron chi connectivity index (χ1n) is 9.13. The number of benzene rings is 2. The maximum absolute atomic E-state index is 12.1. The zero-order valence-corrected chi connectivity index (χ0v) is 17.3. The Morgan fingerprint density at radius 3 is 2.46 bits per heavy atom. The molecule has 6 heteroatoms. The summed E-state index contributed by atoms with van der Waals surface area (Å²) in [5.41, 5.74) is 4.11. The predicted octanol–water partition coefficient (Wildman–Crippen LogP) is 5.23. The van der Waals surface area contributed by atoms with Crippen molar-refractivity contribution >= 4 is 22.4 Å². The highest BCUT2D eigenvalue weighted by atomic mass is 32.1. The molecular formula is C22H24N2O3S. The summed E-state index contributed by atoms with van der Waals surface area (Å²) in [7, 11) is 0. The molecule has 0 bridgehead atoms. The van der Waals surface area contributed by atoms with Crippen molar-refractivity contribution in [3.63, 3.8) is 0 Å². The predicted molar refractivity (Wildman–Crippen MR) is 113 cm³/mol. The number of ether oxygens (including phenoxy) is 2. The van der Waals surface area contributed by atoms with Crippen molar-refractivity contribution in [2.24, 2.45) is 0 Å². The van der Waals surface area contributed by atoms with Gasteiger partial charge < -0.3 is 9.47 Å². The lowest BCUT2D eigenvalue weighted by molar-refractivity contribution is -0.118. The highest BCUT2D eigenvalue weighted by Crippen LogP contribution is 2.27. The van der Waals surface area contributed by atoms with Crippen molar-refractivity contribution in [2.45, 2.75) is 33.8 Å². The van der Waals surface area contributed by atoms with Crippen LogP contribution in [0.15, 0.2) is 47.8 Å². The summed E-state index contributed by atoms with van der Waals surface area (Å²) in [6.45, 7) is 7.98. The summed E-state index contributed by atoms with van der Waals surface area (Å²) in [6.07, 6.45) is 0.137. The summed E-state index contributed by atoms with van der Waals surface area (Å²) in [5.74, 6) is 1.27. The van der Waals surface area contributed by atoms with Crippen LogP contribution in [0.2, 0.25) is 0 Å². The molecule has 0 unspecified atom stereocenters. The molecule has 0 saturated heterocycles. The maximum Gasteiger partial charge on any atom is 0.264 e. The third-order valence-corrected chi connectivity index (χ3v) is 4.88. The molecule has 0 aliphatic heterocycles. The lowest BCUT2D eigenvalue weighted by Gasteiger charge is -2.09. The van der Waals surface area contributed by atoms with Crippen molar-refractivity contribution in [1.29, 1.82) is 0 Å². The van der Waals surface area contributed by atoms with Crippen LogP contribution < -0.4 is 14.8 Å². The van der Waals surface area contributed by atoms with Crippen molar-refractivity contribution in [2.75, 3.05) is 11.9 Å². The Kier molecular flexibility index (Phi) is 6.31. The van der Waals surface area contributed by atoms with Crippen molar-refractivity contribution < 1.29 is 14.3 Å². The second-order valence-corrected chi connectivity index (χ2v) is 7.67. The summed E-state index contributed by atoms with van der Waals surface area (Å²) >= 11 is 1.38. The second kappa shape index (κ2) is 8.89. The number of rotatable bonds is 7. The summed E-state index contributed by atoms with van der Waals surface area (Å²) in [4.78, 5) is 16.6. The van der Waals surface area contributed by atoms with E-state index in [4.69, 9.17) is 9.47 Å². The molecule has 0 aliphatic rings. The van der Waals surface area contributed by atoms with E-state index in [0.717, 1.165) is 22.6 Å². The van der Waals surface area contributed by atoms with Crippen LogP contribution in [0.25, 0.3) is 11.3 Å². The molecule has 3 aromatic rings. The zero-order valence-electron chi connectivity index (χ0n) is 16.5. The van der Waals surface area contributed by atoms with E-state index in [9.17, 15) is 4.79 Å². The number of aromatic nitrogens is 1. The van der Waals surface area contributed by atoms with Gasteiger partial charge in [-0.1, -0.05) is 6.07 Å². The lowest BCUT2D eigenvalue weighted by atomic mass is 10.1. The average Bonchev–Trinajstić information content (AvgIpc) is 3.11. The van der Waals surface area contributed by atoms with Gasteiger partial charge in [-0.3, -0.25) is 10.1 Å². The lowest BCUT2D eigenvalue weighted by Crippen LogP contribution is -2.20. The van der Waals surface area contributed by atoms with Crippen molar-refractivity contribution in [3.8, 4) is 22.8 Å². The molecule has 0 spiro atoms. The van der Waals surface area contributed by atoms with Gasteiger partial charge in [-0.2, -0.15) is 0 Å². The van der Waals surface area contributed by atoms with E-state index in [0.29, 0.717) is 10.9 Å². The molecule has 1 N–H and O–H groups in total. The van der Waals surface area contributed by atoms with E-state index in [2.05, 4.69) is 10.3 Å². The standard InChI is InChI=1S/C22H24N2O3S/c1-14(2)27-18-9-6-17(7-10-18)20-13-28-22(23-20)24-21(25)12-26-19-8-5-15(3)16(4)11-19/h5-11,13-14H,12H2,1-4H3,(H,23,24,25). The number of nitrogens with one attached hydrogen (secondary N) is 1. The molecule has 0 aliphatic carbocycles. The average molecular weight is 397 g/mol. The number of nitrogens with zero attached hydrogens (tertiary/aromatic N) is 1.